The van der Waals surface area contributed by atoms with Gasteiger partial charge in [-0.2, -0.15) is 0 Å². The molecule has 8 heteroatoms. The molecule has 0 aliphatic heterocycles. The van der Waals surface area contributed by atoms with Crippen molar-refractivity contribution in [3.8, 4) is 0 Å². The molecule has 1 atom stereocenters. The molecule has 0 aliphatic carbocycles. The summed E-state index contributed by atoms with van der Waals surface area (Å²) >= 11 is 0. The molecule has 2 aromatic carbocycles. The highest BCUT2D eigenvalue weighted by molar-refractivity contribution is 5.99. The second kappa shape index (κ2) is 11.3. The first kappa shape index (κ1) is 21.7. The van der Waals surface area contributed by atoms with Crippen LogP contribution >= 0.6 is 0 Å². The number of carbonyl (C=O) groups is 3. The molecule has 0 bridgehead atoms. The summed E-state index contributed by atoms with van der Waals surface area (Å²) in [5.41, 5.74) is 2.24. The highest BCUT2D eigenvalue weighted by Crippen LogP contribution is 2.16. The van der Waals surface area contributed by atoms with E-state index in [-0.39, 0.29) is 37.6 Å². The van der Waals surface area contributed by atoms with Crippen LogP contribution in [-0.4, -0.2) is 31.2 Å². The molecule has 29 heavy (non-hydrogen) atoms. The molecule has 4 N–H and O–H groups in total. The lowest BCUT2D eigenvalue weighted by atomic mass is 10.1. The number of nitrogens with one attached hydrogen (secondary N) is 4. The Hall–Kier alpha value is -3.55. The molecule has 0 heterocycles. The van der Waals surface area contributed by atoms with E-state index in [9.17, 15) is 14.4 Å². The third-order valence-corrected chi connectivity index (χ3v) is 3.97. The SMILES string of the molecule is CCOC(=O)NCCC(=O)NC(C)c1ccc(NC(=O)Nc2ccccc2)cc1. The van der Waals surface area contributed by atoms with Gasteiger partial charge in [0.2, 0.25) is 5.91 Å². The van der Waals surface area contributed by atoms with Crippen LogP contribution in [0.2, 0.25) is 0 Å². The largest absolute Gasteiger partial charge is 0.450 e. The van der Waals surface area contributed by atoms with Crippen LogP contribution in [0.25, 0.3) is 0 Å². The second-order valence-corrected chi connectivity index (χ2v) is 6.25. The van der Waals surface area contributed by atoms with Crippen molar-refractivity contribution >= 4 is 29.4 Å². The zero-order valence-corrected chi connectivity index (χ0v) is 16.5. The molecule has 0 aromatic heterocycles. The number of carbonyl (C=O) groups excluding carboxylic acids is 3. The van der Waals surface area contributed by atoms with Crippen LogP contribution in [0.1, 0.15) is 31.9 Å². The Morgan fingerprint density at radius 2 is 1.55 bits per heavy atom. The molecular formula is C21H26N4O4. The maximum atomic E-state index is 12.0. The summed E-state index contributed by atoms with van der Waals surface area (Å²) in [5.74, 6) is -0.182. The van der Waals surface area contributed by atoms with E-state index in [1.54, 1.807) is 31.2 Å². The van der Waals surface area contributed by atoms with E-state index < -0.39 is 6.09 Å². The summed E-state index contributed by atoms with van der Waals surface area (Å²) in [5, 5.41) is 10.9. The van der Waals surface area contributed by atoms with Crippen molar-refractivity contribution in [3.05, 3.63) is 60.2 Å². The Morgan fingerprint density at radius 1 is 0.931 bits per heavy atom. The topological polar surface area (TPSA) is 109 Å². The molecule has 0 radical (unpaired) electrons. The van der Waals surface area contributed by atoms with Gasteiger partial charge < -0.3 is 26.0 Å². The Balaban J connectivity index is 1.77. The van der Waals surface area contributed by atoms with Crippen molar-refractivity contribution in [2.24, 2.45) is 0 Å². The normalized spacial score (nSPS) is 11.1. The summed E-state index contributed by atoms with van der Waals surface area (Å²) in [7, 11) is 0. The molecular weight excluding hydrogens is 372 g/mol. The number of amides is 4. The number of rotatable bonds is 8. The number of anilines is 2. The number of hydrogen-bond donors (Lipinski definition) is 4. The maximum Gasteiger partial charge on any atom is 0.407 e. The van der Waals surface area contributed by atoms with Gasteiger partial charge in [-0.05, 0) is 43.7 Å². The molecule has 0 spiro atoms. The highest BCUT2D eigenvalue weighted by Gasteiger charge is 2.11. The minimum Gasteiger partial charge on any atom is -0.450 e. The van der Waals surface area contributed by atoms with E-state index in [0.717, 1.165) is 5.56 Å². The Labute approximate surface area is 170 Å². The van der Waals surface area contributed by atoms with Gasteiger partial charge in [-0.3, -0.25) is 4.79 Å². The quantitative estimate of drug-likeness (QED) is 0.544. The number of alkyl carbamates (subject to hydrolysis) is 1. The lowest BCUT2D eigenvalue weighted by Gasteiger charge is -2.15. The highest BCUT2D eigenvalue weighted by atomic mass is 16.5. The number of para-hydroxylation sites is 1. The van der Waals surface area contributed by atoms with Gasteiger partial charge in [0.05, 0.1) is 12.6 Å². The summed E-state index contributed by atoms with van der Waals surface area (Å²) < 4.78 is 4.73. The van der Waals surface area contributed by atoms with Crippen LogP contribution in [0.4, 0.5) is 21.0 Å². The molecule has 1 unspecified atom stereocenters. The average Bonchev–Trinajstić information content (AvgIpc) is 2.69. The van der Waals surface area contributed by atoms with Crippen LogP contribution in [-0.2, 0) is 9.53 Å². The van der Waals surface area contributed by atoms with E-state index in [1.165, 1.54) is 0 Å². The van der Waals surface area contributed by atoms with Gasteiger partial charge in [0.1, 0.15) is 0 Å². The molecule has 0 saturated carbocycles. The molecule has 8 nitrogen and oxygen atoms in total. The molecule has 4 amide bonds. The van der Waals surface area contributed by atoms with Crippen molar-refractivity contribution in [2.45, 2.75) is 26.3 Å². The molecule has 0 aliphatic rings. The molecule has 2 rings (SSSR count). The lowest BCUT2D eigenvalue weighted by molar-refractivity contribution is -0.121. The van der Waals surface area contributed by atoms with Crippen molar-refractivity contribution < 1.29 is 19.1 Å². The fourth-order valence-corrected chi connectivity index (χ4v) is 2.53. The number of urea groups is 1. The minimum absolute atomic E-state index is 0.155. The molecule has 154 valence electrons. The lowest BCUT2D eigenvalue weighted by Crippen LogP contribution is -2.32. The summed E-state index contributed by atoms with van der Waals surface area (Å²) in [6.07, 6.45) is -0.379. The third-order valence-electron chi connectivity index (χ3n) is 3.97. The van der Waals surface area contributed by atoms with Crippen LogP contribution in [0.5, 0.6) is 0 Å². The molecule has 2 aromatic rings. The van der Waals surface area contributed by atoms with Crippen LogP contribution in [0.15, 0.2) is 54.6 Å². The maximum absolute atomic E-state index is 12.0. The van der Waals surface area contributed by atoms with Crippen LogP contribution in [0.3, 0.4) is 0 Å². The van der Waals surface area contributed by atoms with Crippen molar-refractivity contribution in [1.82, 2.24) is 10.6 Å². The van der Waals surface area contributed by atoms with Gasteiger partial charge >= 0.3 is 12.1 Å². The van der Waals surface area contributed by atoms with Gasteiger partial charge in [0.25, 0.3) is 0 Å². The first-order chi connectivity index (χ1) is 14.0. The van der Waals surface area contributed by atoms with Gasteiger partial charge in [-0.1, -0.05) is 30.3 Å². The minimum atomic E-state index is -0.535. The standard InChI is InChI=1S/C21H26N4O4/c1-3-29-21(28)22-14-13-19(26)23-15(2)16-9-11-18(12-10-16)25-20(27)24-17-7-5-4-6-8-17/h4-12,15H,3,13-14H2,1-2H3,(H,22,28)(H,23,26)(H2,24,25,27). The summed E-state index contributed by atoms with van der Waals surface area (Å²) in [6.45, 7) is 4.07. The zero-order chi connectivity index (χ0) is 21.1. The van der Waals surface area contributed by atoms with E-state index in [0.29, 0.717) is 11.4 Å². The molecule has 0 saturated heterocycles. The smallest absolute Gasteiger partial charge is 0.407 e. The van der Waals surface area contributed by atoms with Crippen LogP contribution < -0.4 is 21.3 Å². The predicted octanol–water partition coefficient (Wildman–Crippen LogP) is 3.64. The van der Waals surface area contributed by atoms with Crippen LogP contribution in [0, 0.1) is 0 Å². The second-order valence-electron chi connectivity index (χ2n) is 6.25. The number of hydrogen-bond acceptors (Lipinski definition) is 4. The van der Waals surface area contributed by atoms with E-state index in [2.05, 4.69) is 21.3 Å². The first-order valence-electron chi connectivity index (χ1n) is 9.41. The van der Waals surface area contributed by atoms with Gasteiger partial charge in [0.15, 0.2) is 0 Å². The number of ether oxygens (including phenoxy) is 1. The third kappa shape index (κ3) is 7.92. The Bertz CT molecular complexity index is 809. The first-order valence-corrected chi connectivity index (χ1v) is 9.41. The fourth-order valence-electron chi connectivity index (χ4n) is 2.53. The predicted molar refractivity (Wildman–Crippen MR) is 112 cm³/mol. The fraction of sp³-hybridized carbons (Fsp3) is 0.286. The zero-order valence-electron chi connectivity index (χ0n) is 16.5. The van der Waals surface area contributed by atoms with Gasteiger partial charge in [-0.15, -0.1) is 0 Å². The van der Waals surface area contributed by atoms with E-state index in [4.69, 9.17) is 4.74 Å². The Kier molecular flexibility index (Phi) is 8.50. The summed E-state index contributed by atoms with van der Waals surface area (Å²) in [6, 6.07) is 15.8. The van der Waals surface area contributed by atoms with Gasteiger partial charge in [0, 0.05) is 24.3 Å². The summed E-state index contributed by atoms with van der Waals surface area (Å²) in [4.78, 5) is 35.2. The molecule has 0 fully saturated rings. The average molecular weight is 398 g/mol. The monoisotopic (exact) mass is 398 g/mol. The van der Waals surface area contributed by atoms with E-state index in [1.807, 2.05) is 37.3 Å². The van der Waals surface area contributed by atoms with Crippen molar-refractivity contribution in [3.63, 3.8) is 0 Å². The number of benzene rings is 2. The van der Waals surface area contributed by atoms with Crippen molar-refractivity contribution in [2.75, 3.05) is 23.8 Å². The van der Waals surface area contributed by atoms with E-state index >= 15 is 0 Å². The van der Waals surface area contributed by atoms with Crippen molar-refractivity contribution in [1.29, 1.82) is 0 Å². The van der Waals surface area contributed by atoms with Gasteiger partial charge in [-0.25, -0.2) is 9.59 Å². The Morgan fingerprint density at radius 3 is 2.17 bits per heavy atom.